The fraction of sp³-hybridized carbons (Fsp3) is 0.714. The molecule has 17 heavy (non-hydrogen) atoms. The summed E-state index contributed by atoms with van der Waals surface area (Å²) in [6, 6.07) is 1.82. The maximum Gasteiger partial charge on any atom is 0.111 e. The van der Waals surface area contributed by atoms with Crippen molar-refractivity contribution in [2.75, 3.05) is 6.61 Å². The first kappa shape index (κ1) is 12.7. The van der Waals surface area contributed by atoms with E-state index in [9.17, 15) is 5.11 Å². The average Bonchev–Trinajstić information content (AvgIpc) is 2.85. The molecule has 1 unspecified atom stereocenters. The van der Waals surface area contributed by atoms with E-state index in [1.54, 1.807) is 12.5 Å². The van der Waals surface area contributed by atoms with Gasteiger partial charge in [-0.2, -0.15) is 0 Å². The molecule has 0 amide bonds. The summed E-state index contributed by atoms with van der Waals surface area (Å²) in [5, 5.41) is 10.5. The van der Waals surface area contributed by atoms with E-state index in [1.165, 1.54) is 0 Å². The zero-order chi connectivity index (χ0) is 12.3. The van der Waals surface area contributed by atoms with Crippen LogP contribution in [0.4, 0.5) is 0 Å². The zero-order valence-electron chi connectivity index (χ0n) is 10.7. The lowest BCUT2D eigenvalue weighted by atomic mass is 9.75. The van der Waals surface area contributed by atoms with Gasteiger partial charge in [0.2, 0.25) is 0 Å². The Labute approximate surface area is 103 Å². The number of rotatable bonds is 4. The Balaban J connectivity index is 2.16. The third kappa shape index (κ3) is 2.55. The number of aliphatic hydroxyl groups is 1. The number of ether oxygens (including phenoxy) is 1. The van der Waals surface area contributed by atoms with E-state index in [0.29, 0.717) is 6.61 Å². The van der Waals surface area contributed by atoms with Crippen LogP contribution >= 0.6 is 0 Å². The molecule has 1 heterocycles. The highest BCUT2D eigenvalue weighted by Gasteiger charge is 2.42. The number of hydrogen-bond acceptors (Lipinski definition) is 3. The molecule has 0 aliphatic heterocycles. The first-order chi connectivity index (χ1) is 8.18. The fourth-order valence-corrected chi connectivity index (χ4v) is 2.77. The Bertz CT molecular complexity index is 323. The number of furan rings is 1. The van der Waals surface area contributed by atoms with Crippen LogP contribution in [0.25, 0.3) is 0 Å². The highest BCUT2D eigenvalue weighted by molar-refractivity contribution is 5.15. The van der Waals surface area contributed by atoms with Gasteiger partial charge in [-0.1, -0.05) is 6.92 Å². The molecule has 1 fully saturated rings. The molecule has 0 saturated heterocycles. The van der Waals surface area contributed by atoms with Crippen LogP contribution in [-0.2, 0) is 4.74 Å². The molecule has 3 nitrogen and oxygen atoms in total. The molecule has 2 rings (SSSR count). The predicted molar refractivity (Wildman–Crippen MR) is 65.7 cm³/mol. The molecule has 96 valence electrons. The van der Waals surface area contributed by atoms with Gasteiger partial charge in [0.05, 0.1) is 18.1 Å². The van der Waals surface area contributed by atoms with Crippen LogP contribution in [0.2, 0.25) is 0 Å². The van der Waals surface area contributed by atoms with E-state index in [-0.39, 0.29) is 0 Å². The molecule has 1 aromatic heterocycles. The standard InChI is InChI=1S/C14H22O3/c1-3-17-14(7-4-11(2)5-8-14)13(15)12-6-9-16-10-12/h6,9-11,13,15H,3-5,7-8H2,1-2H3. The largest absolute Gasteiger partial charge is 0.472 e. The summed E-state index contributed by atoms with van der Waals surface area (Å²) >= 11 is 0. The lowest BCUT2D eigenvalue weighted by molar-refractivity contribution is -0.146. The Morgan fingerprint density at radius 3 is 2.76 bits per heavy atom. The van der Waals surface area contributed by atoms with Crippen molar-refractivity contribution in [2.24, 2.45) is 5.92 Å². The van der Waals surface area contributed by atoms with Gasteiger partial charge < -0.3 is 14.3 Å². The smallest absolute Gasteiger partial charge is 0.111 e. The van der Waals surface area contributed by atoms with Crippen molar-refractivity contribution in [3.63, 3.8) is 0 Å². The van der Waals surface area contributed by atoms with Crippen LogP contribution < -0.4 is 0 Å². The summed E-state index contributed by atoms with van der Waals surface area (Å²) in [4.78, 5) is 0. The maximum absolute atomic E-state index is 10.5. The third-order valence-electron chi connectivity index (χ3n) is 3.91. The Kier molecular flexibility index (Phi) is 3.89. The summed E-state index contributed by atoms with van der Waals surface area (Å²) in [5.41, 5.74) is 0.415. The van der Waals surface area contributed by atoms with Crippen LogP contribution in [0.5, 0.6) is 0 Å². The second kappa shape index (κ2) is 5.23. The summed E-state index contributed by atoms with van der Waals surface area (Å²) in [6.07, 6.45) is 6.73. The van der Waals surface area contributed by atoms with Crippen LogP contribution in [0.3, 0.4) is 0 Å². The lowest BCUT2D eigenvalue weighted by Gasteiger charge is -2.42. The molecule has 0 spiro atoms. The molecule has 0 aromatic carbocycles. The molecular formula is C14H22O3. The first-order valence-corrected chi connectivity index (χ1v) is 6.52. The van der Waals surface area contributed by atoms with E-state index in [1.807, 2.05) is 13.0 Å². The van der Waals surface area contributed by atoms with Gasteiger partial charge in [-0.3, -0.25) is 0 Å². The average molecular weight is 238 g/mol. The SMILES string of the molecule is CCOC1(C(O)c2ccoc2)CCC(C)CC1. The second-order valence-corrected chi connectivity index (χ2v) is 5.14. The molecule has 1 saturated carbocycles. The summed E-state index contributed by atoms with van der Waals surface area (Å²) in [7, 11) is 0. The van der Waals surface area contributed by atoms with Crippen LogP contribution in [0.15, 0.2) is 23.0 Å². The van der Waals surface area contributed by atoms with E-state index in [0.717, 1.165) is 37.2 Å². The van der Waals surface area contributed by atoms with Gasteiger partial charge in [-0.15, -0.1) is 0 Å². The van der Waals surface area contributed by atoms with Crippen molar-refractivity contribution in [3.8, 4) is 0 Å². The minimum Gasteiger partial charge on any atom is -0.472 e. The van der Waals surface area contributed by atoms with Crippen LogP contribution in [0, 0.1) is 5.92 Å². The van der Waals surface area contributed by atoms with E-state index < -0.39 is 11.7 Å². The van der Waals surface area contributed by atoms with Crippen molar-refractivity contribution < 1.29 is 14.3 Å². The quantitative estimate of drug-likeness (QED) is 0.875. The maximum atomic E-state index is 10.5. The van der Waals surface area contributed by atoms with Crippen molar-refractivity contribution in [3.05, 3.63) is 24.2 Å². The van der Waals surface area contributed by atoms with Gasteiger partial charge in [-0.25, -0.2) is 0 Å². The summed E-state index contributed by atoms with van der Waals surface area (Å²) in [6.45, 7) is 4.89. The lowest BCUT2D eigenvalue weighted by Crippen LogP contribution is -2.42. The third-order valence-corrected chi connectivity index (χ3v) is 3.91. The topological polar surface area (TPSA) is 42.6 Å². The van der Waals surface area contributed by atoms with Crippen molar-refractivity contribution in [1.29, 1.82) is 0 Å². The zero-order valence-corrected chi connectivity index (χ0v) is 10.7. The number of aliphatic hydroxyl groups excluding tert-OH is 1. The molecule has 1 aromatic rings. The van der Waals surface area contributed by atoms with Gasteiger partial charge in [0.1, 0.15) is 6.10 Å². The molecule has 1 atom stereocenters. The monoisotopic (exact) mass is 238 g/mol. The van der Waals surface area contributed by atoms with Crippen LogP contribution in [0.1, 0.15) is 51.2 Å². The van der Waals surface area contributed by atoms with Crippen molar-refractivity contribution in [1.82, 2.24) is 0 Å². The summed E-state index contributed by atoms with van der Waals surface area (Å²) < 4.78 is 11.0. The van der Waals surface area contributed by atoms with Gasteiger partial charge in [0, 0.05) is 12.2 Å². The molecule has 1 aliphatic carbocycles. The van der Waals surface area contributed by atoms with Gasteiger partial charge in [0.25, 0.3) is 0 Å². The molecule has 3 heteroatoms. The fourth-order valence-electron chi connectivity index (χ4n) is 2.77. The number of hydrogen-bond donors (Lipinski definition) is 1. The first-order valence-electron chi connectivity index (χ1n) is 6.52. The van der Waals surface area contributed by atoms with E-state index >= 15 is 0 Å². The summed E-state index contributed by atoms with van der Waals surface area (Å²) in [5.74, 6) is 0.736. The Morgan fingerprint density at radius 2 is 2.24 bits per heavy atom. The minimum absolute atomic E-state index is 0.412. The van der Waals surface area contributed by atoms with E-state index in [2.05, 4.69) is 6.92 Å². The minimum atomic E-state index is -0.575. The van der Waals surface area contributed by atoms with Crippen LogP contribution in [-0.4, -0.2) is 17.3 Å². The molecule has 0 bridgehead atoms. The molecule has 0 radical (unpaired) electrons. The van der Waals surface area contributed by atoms with E-state index in [4.69, 9.17) is 9.15 Å². The Hall–Kier alpha value is -0.800. The van der Waals surface area contributed by atoms with Gasteiger partial charge >= 0.3 is 0 Å². The molecule has 1 N–H and O–H groups in total. The van der Waals surface area contributed by atoms with Gasteiger partial charge in [0.15, 0.2) is 0 Å². The normalized spacial score (nSPS) is 31.4. The van der Waals surface area contributed by atoms with Crippen molar-refractivity contribution >= 4 is 0 Å². The Morgan fingerprint density at radius 1 is 1.53 bits per heavy atom. The van der Waals surface area contributed by atoms with Crippen molar-refractivity contribution in [2.45, 2.75) is 51.2 Å². The van der Waals surface area contributed by atoms with Gasteiger partial charge in [-0.05, 0) is 44.6 Å². The predicted octanol–water partition coefficient (Wildman–Crippen LogP) is 3.30. The second-order valence-electron chi connectivity index (χ2n) is 5.14. The highest BCUT2D eigenvalue weighted by atomic mass is 16.5. The molecular weight excluding hydrogens is 216 g/mol. The highest BCUT2D eigenvalue weighted by Crippen LogP contribution is 2.43. The molecule has 1 aliphatic rings.